The van der Waals surface area contributed by atoms with Crippen molar-refractivity contribution in [2.45, 2.75) is 65.9 Å². The van der Waals surface area contributed by atoms with E-state index >= 15 is 0 Å². The zero-order chi connectivity index (χ0) is 18.6. The zero-order valence-electron chi connectivity index (χ0n) is 15.3. The molecular weight excluding hydrogens is 340 g/mol. The van der Waals surface area contributed by atoms with Crippen LogP contribution in [-0.4, -0.2) is 11.9 Å². The van der Waals surface area contributed by atoms with Gasteiger partial charge in [0.2, 0.25) is 0 Å². The number of Topliss-reactive ketones (excluding diaryl/α,β-unsaturated/α-hetero) is 1. The van der Waals surface area contributed by atoms with E-state index in [0.717, 1.165) is 30.2 Å². The lowest BCUT2D eigenvalue weighted by atomic mass is 10.0. The minimum atomic E-state index is -0.611. The van der Waals surface area contributed by atoms with Gasteiger partial charge in [-0.05, 0) is 45.2 Å². The molecule has 0 spiro atoms. The molecule has 0 fully saturated rings. The second-order valence-electron chi connectivity index (χ2n) is 6.45. The molecule has 1 aromatic carbocycles. The molecule has 0 aliphatic carbocycles. The van der Waals surface area contributed by atoms with Gasteiger partial charge in [0.05, 0.1) is 5.02 Å². The van der Waals surface area contributed by atoms with Gasteiger partial charge in [0.15, 0.2) is 11.9 Å². The normalized spacial score (nSPS) is 12.4. The van der Waals surface area contributed by atoms with Crippen LogP contribution in [0, 0.1) is 6.92 Å². The molecule has 2 rings (SSSR count). The van der Waals surface area contributed by atoms with Crippen LogP contribution in [-0.2, 0) is 11.2 Å². The lowest BCUT2D eigenvalue weighted by molar-refractivity contribution is -0.122. The quantitative estimate of drug-likeness (QED) is 0.475. The van der Waals surface area contributed by atoms with Crippen LogP contribution in [0.5, 0.6) is 5.75 Å². The Kier molecular flexibility index (Phi) is 6.65. The van der Waals surface area contributed by atoms with Crippen molar-refractivity contribution in [2.24, 2.45) is 0 Å². The highest BCUT2D eigenvalue weighted by Gasteiger charge is 2.16. The van der Waals surface area contributed by atoms with Gasteiger partial charge in [0, 0.05) is 17.0 Å². The van der Waals surface area contributed by atoms with E-state index in [2.05, 4.69) is 6.92 Å². The summed E-state index contributed by atoms with van der Waals surface area (Å²) in [5, 5.41) is 1.20. The third kappa shape index (κ3) is 4.63. The Morgan fingerprint density at radius 1 is 1.28 bits per heavy atom. The molecule has 0 saturated heterocycles. The Labute approximate surface area is 153 Å². The van der Waals surface area contributed by atoms with E-state index in [1.807, 2.05) is 6.92 Å². The van der Waals surface area contributed by atoms with Crippen molar-refractivity contribution in [1.82, 2.24) is 0 Å². The van der Waals surface area contributed by atoms with Crippen LogP contribution < -0.4 is 10.4 Å². The summed E-state index contributed by atoms with van der Waals surface area (Å²) < 4.78 is 11.1. The monoisotopic (exact) mass is 364 g/mol. The van der Waals surface area contributed by atoms with Gasteiger partial charge < -0.3 is 9.15 Å². The van der Waals surface area contributed by atoms with Crippen LogP contribution in [0.4, 0.5) is 0 Å². The number of hydrogen-bond acceptors (Lipinski definition) is 4. The van der Waals surface area contributed by atoms with E-state index in [9.17, 15) is 9.59 Å². The highest BCUT2D eigenvalue weighted by Crippen LogP contribution is 2.32. The number of rotatable bonds is 8. The van der Waals surface area contributed by atoms with Crippen molar-refractivity contribution in [3.8, 4) is 5.75 Å². The number of ether oxygens (including phenoxy) is 1. The summed E-state index contributed by atoms with van der Waals surface area (Å²) in [5.74, 6) is 0.242. The van der Waals surface area contributed by atoms with E-state index in [0.29, 0.717) is 28.3 Å². The number of benzene rings is 1. The number of hydrogen-bond donors (Lipinski definition) is 0. The number of halogens is 1. The summed E-state index contributed by atoms with van der Waals surface area (Å²) in [7, 11) is 0. The number of carbonyl (C=O) groups excluding carboxylic acids is 1. The highest BCUT2D eigenvalue weighted by molar-refractivity contribution is 6.32. The summed E-state index contributed by atoms with van der Waals surface area (Å²) in [5.41, 5.74) is 1.73. The number of ketones is 1. The Morgan fingerprint density at radius 3 is 2.64 bits per heavy atom. The molecule has 5 heteroatoms. The van der Waals surface area contributed by atoms with Crippen LogP contribution in [0.15, 0.2) is 21.3 Å². The molecule has 2 aromatic rings. The maximum absolute atomic E-state index is 12.3. The van der Waals surface area contributed by atoms with Gasteiger partial charge in [-0.15, -0.1) is 0 Å². The lowest BCUT2D eigenvalue weighted by Gasteiger charge is -2.14. The minimum Gasteiger partial charge on any atom is -0.481 e. The molecule has 0 bridgehead atoms. The zero-order valence-corrected chi connectivity index (χ0v) is 16.0. The summed E-state index contributed by atoms with van der Waals surface area (Å²) in [6.45, 7) is 7.19. The van der Waals surface area contributed by atoms with Crippen LogP contribution in [0.2, 0.25) is 5.02 Å². The van der Waals surface area contributed by atoms with Crippen LogP contribution in [0.3, 0.4) is 0 Å². The van der Waals surface area contributed by atoms with Gasteiger partial charge in [-0.25, -0.2) is 4.79 Å². The smallest absolute Gasteiger partial charge is 0.339 e. The molecule has 0 radical (unpaired) electrons. The SMILES string of the molecule is CCCCCCc1c(C)c2cc(Cl)c(OC(C)C(C)=O)cc2oc1=O. The van der Waals surface area contributed by atoms with E-state index in [-0.39, 0.29) is 11.4 Å². The van der Waals surface area contributed by atoms with Crippen LogP contribution >= 0.6 is 11.6 Å². The summed E-state index contributed by atoms with van der Waals surface area (Å²) in [4.78, 5) is 23.7. The third-order valence-electron chi connectivity index (χ3n) is 4.50. The van der Waals surface area contributed by atoms with Crippen molar-refractivity contribution >= 4 is 28.4 Å². The first kappa shape index (κ1) is 19.5. The van der Waals surface area contributed by atoms with E-state index in [4.69, 9.17) is 20.8 Å². The Morgan fingerprint density at radius 2 is 2.00 bits per heavy atom. The van der Waals surface area contributed by atoms with Gasteiger partial charge in [-0.2, -0.15) is 0 Å². The molecule has 0 aliphatic rings. The molecule has 0 amide bonds. The van der Waals surface area contributed by atoms with Gasteiger partial charge in [0.1, 0.15) is 11.3 Å². The van der Waals surface area contributed by atoms with Crippen LogP contribution in [0.1, 0.15) is 57.6 Å². The molecule has 136 valence electrons. The molecule has 0 saturated carbocycles. The molecule has 1 aromatic heterocycles. The van der Waals surface area contributed by atoms with Crippen molar-refractivity contribution in [2.75, 3.05) is 0 Å². The highest BCUT2D eigenvalue weighted by atomic mass is 35.5. The predicted octanol–water partition coefficient (Wildman–Crippen LogP) is 5.23. The first-order valence-electron chi connectivity index (χ1n) is 8.78. The second-order valence-corrected chi connectivity index (χ2v) is 6.86. The van der Waals surface area contributed by atoms with Crippen molar-refractivity contribution < 1.29 is 13.9 Å². The van der Waals surface area contributed by atoms with Gasteiger partial charge >= 0.3 is 5.63 Å². The second kappa shape index (κ2) is 8.52. The van der Waals surface area contributed by atoms with E-state index in [1.54, 1.807) is 19.1 Å². The molecule has 0 N–H and O–H groups in total. The number of fused-ring (bicyclic) bond motifs is 1. The third-order valence-corrected chi connectivity index (χ3v) is 4.79. The van der Waals surface area contributed by atoms with Gasteiger partial charge in [0.25, 0.3) is 0 Å². The molecule has 0 aliphatic heterocycles. The van der Waals surface area contributed by atoms with Crippen molar-refractivity contribution in [3.05, 3.63) is 38.7 Å². The van der Waals surface area contributed by atoms with Crippen molar-refractivity contribution in [1.29, 1.82) is 0 Å². The minimum absolute atomic E-state index is 0.101. The molecule has 1 unspecified atom stereocenters. The molecule has 1 heterocycles. The van der Waals surface area contributed by atoms with Gasteiger partial charge in [-0.3, -0.25) is 4.79 Å². The Bertz CT molecular complexity index is 823. The maximum atomic E-state index is 12.3. The van der Waals surface area contributed by atoms with Crippen molar-refractivity contribution in [3.63, 3.8) is 0 Å². The number of unbranched alkanes of at least 4 members (excludes halogenated alkanes) is 3. The number of aryl methyl sites for hydroxylation is 1. The standard InChI is InChI=1S/C20H25ClO4/c1-5-6-7-8-9-15-12(2)16-10-17(21)19(24-14(4)13(3)22)11-18(16)25-20(15)23/h10-11,14H,5-9H2,1-4H3. The number of carbonyl (C=O) groups is 1. The maximum Gasteiger partial charge on any atom is 0.339 e. The van der Waals surface area contributed by atoms with Gasteiger partial charge in [-0.1, -0.05) is 37.8 Å². The molecule has 1 atom stereocenters. The van der Waals surface area contributed by atoms with E-state index in [1.165, 1.54) is 13.3 Å². The Balaban J connectivity index is 2.38. The fourth-order valence-corrected chi connectivity index (χ4v) is 2.98. The first-order valence-corrected chi connectivity index (χ1v) is 9.15. The predicted molar refractivity (Wildman–Crippen MR) is 101 cm³/mol. The lowest BCUT2D eigenvalue weighted by Crippen LogP contribution is -2.20. The largest absolute Gasteiger partial charge is 0.481 e. The Hall–Kier alpha value is -1.81. The fourth-order valence-electron chi connectivity index (χ4n) is 2.77. The summed E-state index contributed by atoms with van der Waals surface area (Å²) >= 11 is 6.31. The van der Waals surface area contributed by atoms with E-state index < -0.39 is 6.10 Å². The summed E-state index contributed by atoms with van der Waals surface area (Å²) in [6, 6.07) is 3.33. The average molecular weight is 365 g/mol. The summed E-state index contributed by atoms with van der Waals surface area (Å²) in [6.07, 6.45) is 4.49. The average Bonchev–Trinajstić information content (AvgIpc) is 2.55. The molecule has 25 heavy (non-hydrogen) atoms. The fraction of sp³-hybridized carbons (Fsp3) is 0.500. The van der Waals surface area contributed by atoms with Crippen LogP contribution in [0.25, 0.3) is 11.0 Å². The molecular formula is C20H25ClO4. The first-order chi connectivity index (χ1) is 11.8. The topological polar surface area (TPSA) is 56.5 Å². The molecule has 4 nitrogen and oxygen atoms in total.